The largest absolute Gasteiger partial charge is 0.493 e. The lowest BCUT2D eigenvalue weighted by atomic mass is 9.99. The lowest BCUT2D eigenvalue weighted by Crippen LogP contribution is -2.46. The molecule has 24 heavy (non-hydrogen) atoms. The van der Waals surface area contributed by atoms with Crippen molar-refractivity contribution >= 4 is 0 Å². The third kappa shape index (κ3) is 3.63. The van der Waals surface area contributed by atoms with Crippen LogP contribution in [0.2, 0.25) is 0 Å². The highest BCUT2D eigenvalue weighted by Crippen LogP contribution is 2.33. The van der Waals surface area contributed by atoms with E-state index in [9.17, 15) is 0 Å². The van der Waals surface area contributed by atoms with E-state index < -0.39 is 0 Å². The minimum atomic E-state index is 0.491. The van der Waals surface area contributed by atoms with Crippen molar-refractivity contribution < 1.29 is 4.74 Å². The third-order valence-corrected chi connectivity index (χ3v) is 5.21. The van der Waals surface area contributed by atoms with Gasteiger partial charge in [-0.25, -0.2) is 0 Å². The summed E-state index contributed by atoms with van der Waals surface area (Å²) >= 11 is 0. The Morgan fingerprint density at radius 2 is 1.88 bits per heavy atom. The molecule has 3 heteroatoms. The molecule has 2 aromatic carbocycles. The fourth-order valence-electron chi connectivity index (χ4n) is 3.91. The monoisotopic (exact) mass is 322 g/mol. The van der Waals surface area contributed by atoms with E-state index in [2.05, 4.69) is 64.8 Å². The molecule has 2 aromatic rings. The molecule has 2 unspecified atom stereocenters. The van der Waals surface area contributed by atoms with Crippen molar-refractivity contribution in [2.75, 3.05) is 26.2 Å². The SMILES string of the molecule is c1ccc(CN2CCCC(NCC3COc4ccccc43)C2)cc1. The van der Waals surface area contributed by atoms with E-state index in [4.69, 9.17) is 4.74 Å². The average molecular weight is 322 g/mol. The number of ether oxygens (including phenoxy) is 1. The molecule has 2 aliphatic heterocycles. The number of nitrogens with zero attached hydrogens (tertiary/aromatic N) is 1. The molecule has 0 aromatic heterocycles. The number of piperidine rings is 1. The van der Waals surface area contributed by atoms with Gasteiger partial charge in [0, 0.05) is 37.2 Å². The summed E-state index contributed by atoms with van der Waals surface area (Å²) in [5.41, 5.74) is 2.78. The van der Waals surface area contributed by atoms with Gasteiger partial charge in [-0.2, -0.15) is 0 Å². The van der Waals surface area contributed by atoms with Crippen LogP contribution >= 0.6 is 0 Å². The van der Waals surface area contributed by atoms with E-state index in [-0.39, 0.29) is 0 Å². The lowest BCUT2D eigenvalue weighted by molar-refractivity contribution is 0.181. The van der Waals surface area contributed by atoms with Crippen LogP contribution in [0.3, 0.4) is 0 Å². The standard InChI is InChI=1S/C21H26N2O/c1-2-7-17(8-3-1)14-23-12-6-9-19(15-23)22-13-18-16-24-21-11-5-4-10-20(18)21/h1-5,7-8,10-11,18-19,22H,6,9,12-16H2. The van der Waals surface area contributed by atoms with Crippen molar-refractivity contribution in [3.05, 3.63) is 65.7 Å². The zero-order valence-corrected chi connectivity index (χ0v) is 14.2. The van der Waals surface area contributed by atoms with Gasteiger partial charge in [0.25, 0.3) is 0 Å². The Balaban J connectivity index is 1.29. The van der Waals surface area contributed by atoms with Crippen LogP contribution in [-0.4, -0.2) is 37.2 Å². The van der Waals surface area contributed by atoms with Crippen LogP contribution in [0.4, 0.5) is 0 Å². The molecular weight excluding hydrogens is 296 g/mol. The summed E-state index contributed by atoms with van der Waals surface area (Å²) in [6.07, 6.45) is 2.56. The highest BCUT2D eigenvalue weighted by Gasteiger charge is 2.25. The highest BCUT2D eigenvalue weighted by molar-refractivity contribution is 5.39. The second kappa shape index (κ2) is 7.37. The second-order valence-electron chi connectivity index (χ2n) is 7.01. The molecule has 1 saturated heterocycles. The summed E-state index contributed by atoms with van der Waals surface area (Å²) in [5.74, 6) is 1.56. The Morgan fingerprint density at radius 3 is 2.79 bits per heavy atom. The Labute approximate surface area is 144 Å². The average Bonchev–Trinajstić information content (AvgIpc) is 3.04. The molecule has 0 saturated carbocycles. The molecule has 1 fully saturated rings. The number of hydrogen-bond acceptors (Lipinski definition) is 3. The molecule has 2 heterocycles. The predicted molar refractivity (Wildman–Crippen MR) is 97.4 cm³/mol. The summed E-state index contributed by atoms with van der Waals surface area (Å²) in [6.45, 7) is 5.24. The number of nitrogens with one attached hydrogen (secondary N) is 1. The van der Waals surface area contributed by atoms with Gasteiger partial charge in [-0.05, 0) is 31.0 Å². The van der Waals surface area contributed by atoms with E-state index in [0.29, 0.717) is 12.0 Å². The fraction of sp³-hybridized carbons (Fsp3) is 0.429. The van der Waals surface area contributed by atoms with Crippen molar-refractivity contribution in [2.24, 2.45) is 0 Å². The van der Waals surface area contributed by atoms with Crippen LogP contribution in [-0.2, 0) is 6.54 Å². The quantitative estimate of drug-likeness (QED) is 0.913. The predicted octanol–water partition coefficient (Wildman–Crippen LogP) is 3.42. The summed E-state index contributed by atoms with van der Waals surface area (Å²) in [4.78, 5) is 2.58. The smallest absolute Gasteiger partial charge is 0.122 e. The van der Waals surface area contributed by atoms with Crippen molar-refractivity contribution in [1.82, 2.24) is 10.2 Å². The lowest BCUT2D eigenvalue weighted by Gasteiger charge is -2.33. The zero-order valence-electron chi connectivity index (χ0n) is 14.2. The van der Waals surface area contributed by atoms with Crippen LogP contribution in [0.1, 0.15) is 29.9 Å². The van der Waals surface area contributed by atoms with Crippen LogP contribution in [0.5, 0.6) is 5.75 Å². The van der Waals surface area contributed by atoms with Gasteiger partial charge in [-0.1, -0.05) is 48.5 Å². The van der Waals surface area contributed by atoms with Crippen molar-refractivity contribution in [3.63, 3.8) is 0 Å². The van der Waals surface area contributed by atoms with Crippen LogP contribution < -0.4 is 10.1 Å². The van der Waals surface area contributed by atoms with Crippen LogP contribution in [0, 0.1) is 0 Å². The van der Waals surface area contributed by atoms with Crippen molar-refractivity contribution in [1.29, 1.82) is 0 Å². The molecule has 126 valence electrons. The Hall–Kier alpha value is -1.84. The molecule has 0 aliphatic carbocycles. The minimum Gasteiger partial charge on any atom is -0.493 e. The third-order valence-electron chi connectivity index (χ3n) is 5.21. The number of para-hydroxylation sites is 1. The molecule has 0 bridgehead atoms. The van der Waals surface area contributed by atoms with Crippen LogP contribution in [0.15, 0.2) is 54.6 Å². The van der Waals surface area contributed by atoms with Crippen molar-refractivity contribution in [3.8, 4) is 5.75 Å². The summed E-state index contributed by atoms with van der Waals surface area (Å²) in [5, 5.41) is 3.80. The van der Waals surface area contributed by atoms with Gasteiger partial charge in [-0.3, -0.25) is 4.90 Å². The molecular formula is C21H26N2O. The fourth-order valence-corrected chi connectivity index (χ4v) is 3.91. The Morgan fingerprint density at radius 1 is 1.04 bits per heavy atom. The van der Waals surface area contributed by atoms with Gasteiger partial charge < -0.3 is 10.1 Å². The van der Waals surface area contributed by atoms with E-state index in [1.807, 2.05) is 0 Å². The van der Waals surface area contributed by atoms with Gasteiger partial charge in [0.2, 0.25) is 0 Å². The number of rotatable bonds is 5. The number of likely N-dealkylation sites (tertiary alicyclic amines) is 1. The van der Waals surface area contributed by atoms with E-state index >= 15 is 0 Å². The van der Waals surface area contributed by atoms with Gasteiger partial charge in [0.1, 0.15) is 5.75 Å². The maximum atomic E-state index is 5.80. The van der Waals surface area contributed by atoms with Gasteiger partial charge in [-0.15, -0.1) is 0 Å². The first-order valence-corrected chi connectivity index (χ1v) is 9.10. The maximum Gasteiger partial charge on any atom is 0.122 e. The number of hydrogen-bond donors (Lipinski definition) is 1. The number of fused-ring (bicyclic) bond motifs is 1. The molecule has 2 atom stereocenters. The topological polar surface area (TPSA) is 24.5 Å². The highest BCUT2D eigenvalue weighted by atomic mass is 16.5. The molecule has 0 spiro atoms. The first-order chi connectivity index (χ1) is 11.9. The normalized spacial score (nSPS) is 23.7. The molecule has 0 amide bonds. The number of benzene rings is 2. The summed E-state index contributed by atoms with van der Waals surface area (Å²) < 4.78 is 5.80. The second-order valence-corrected chi connectivity index (χ2v) is 7.01. The van der Waals surface area contributed by atoms with Gasteiger partial charge >= 0.3 is 0 Å². The van der Waals surface area contributed by atoms with E-state index in [1.165, 1.54) is 30.5 Å². The Kier molecular flexibility index (Phi) is 4.81. The maximum absolute atomic E-state index is 5.80. The van der Waals surface area contributed by atoms with Crippen LogP contribution in [0.25, 0.3) is 0 Å². The molecule has 2 aliphatic rings. The van der Waals surface area contributed by atoms with E-state index in [1.54, 1.807) is 0 Å². The summed E-state index contributed by atoms with van der Waals surface area (Å²) in [6, 6.07) is 19.8. The first kappa shape index (κ1) is 15.7. The van der Waals surface area contributed by atoms with Crippen molar-refractivity contribution in [2.45, 2.75) is 31.3 Å². The molecule has 1 N–H and O–H groups in total. The molecule has 0 radical (unpaired) electrons. The first-order valence-electron chi connectivity index (χ1n) is 9.10. The van der Waals surface area contributed by atoms with Gasteiger partial charge in [0.15, 0.2) is 0 Å². The Bertz CT molecular complexity index is 658. The summed E-state index contributed by atoms with van der Waals surface area (Å²) in [7, 11) is 0. The zero-order chi connectivity index (χ0) is 16.2. The molecule has 3 nitrogen and oxygen atoms in total. The van der Waals surface area contributed by atoms with Gasteiger partial charge in [0.05, 0.1) is 6.61 Å². The molecule has 4 rings (SSSR count). The van der Waals surface area contributed by atoms with E-state index in [0.717, 1.165) is 32.0 Å². The minimum absolute atomic E-state index is 0.491.